The average molecular weight is 388 g/mol. The molecule has 1 nitrogen and oxygen atoms in total. The molecule has 0 aromatic heterocycles. The zero-order valence-electron chi connectivity index (χ0n) is 17.8. The summed E-state index contributed by atoms with van der Waals surface area (Å²) in [6, 6.07) is 8.96. The second kappa shape index (κ2) is 6.09. The van der Waals surface area contributed by atoms with Crippen LogP contribution in [0, 0.1) is 0 Å². The van der Waals surface area contributed by atoms with E-state index in [4.69, 9.17) is 4.74 Å². The van der Waals surface area contributed by atoms with Crippen LogP contribution in [0.1, 0.15) is 43.3 Å². The van der Waals surface area contributed by atoms with Crippen molar-refractivity contribution in [1.82, 2.24) is 0 Å². The lowest BCUT2D eigenvalue weighted by atomic mass is 9.81. The first-order valence-corrected chi connectivity index (χ1v) is 11.0. The van der Waals surface area contributed by atoms with E-state index in [1.165, 1.54) is 56.0 Å². The van der Waals surface area contributed by atoms with E-state index in [1.54, 1.807) is 5.57 Å². The van der Waals surface area contributed by atoms with Gasteiger partial charge in [-0.1, -0.05) is 78.5 Å². The van der Waals surface area contributed by atoms with Crippen LogP contribution in [0.3, 0.4) is 0 Å². The molecule has 1 heterocycles. The highest BCUT2D eigenvalue weighted by atomic mass is 16.5. The SMILES string of the molecule is C1=Cc2ccc3c(c2=C1)=CC(C1C=CC=c2c1ccc1c2=CCC2=C1C=CCC2)O3.[H+]. The van der Waals surface area contributed by atoms with Gasteiger partial charge in [-0.25, -0.2) is 0 Å². The van der Waals surface area contributed by atoms with Gasteiger partial charge in [-0.05, 0) is 69.3 Å². The summed E-state index contributed by atoms with van der Waals surface area (Å²) in [4.78, 5) is 0. The fourth-order valence-electron chi connectivity index (χ4n) is 5.68. The van der Waals surface area contributed by atoms with Gasteiger partial charge in [0.25, 0.3) is 0 Å². The van der Waals surface area contributed by atoms with Crippen LogP contribution in [0.15, 0.2) is 60.2 Å². The maximum atomic E-state index is 6.46. The fraction of sp³-hybridized carbons (Fsp3) is 0.172. The molecule has 30 heavy (non-hydrogen) atoms. The molecule has 2 atom stereocenters. The largest absolute Gasteiger partial charge is 1.00 e. The van der Waals surface area contributed by atoms with Crippen molar-refractivity contribution in [3.63, 3.8) is 0 Å². The van der Waals surface area contributed by atoms with Gasteiger partial charge in [0.1, 0.15) is 11.9 Å². The number of hydrogen-bond acceptors (Lipinski definition) is 1. The molecule has 5 aliphatic rings. The third kappa shape index (κ3) is 2.24. The van der Waals surface area contributed by atoms with E-state index in [0.29, 0.717) is 0 Å². The van der Waals surface area contributed by atoms with Crippen molar-refractivity contribution in [2.75, 3.05) is 0 Å². The van der Waals surface area contributed by atoms with E-state index in [-0.39, 0.29) is 13.4 Å². The normalized spacial score (nSPS) is 23.7. The number of hydrogen-bond donors (Lipinski definition) is 0. The highest BCUT2D eigenvalue weighted by molar-refractivity contribution is 5.82. The number of ether oxygens (including phenoxy) is 1. The van der Waals surface area contributed by atoms with E-state index in [1.807, 2.05) is 0 Å². The van der Waals surface area contributed by atoms with Crippen LogP contribution >= 0.6 is 0 Å². The predicted molar refractivity (Wildman–Crippen MR) is 126 cm³/mol. The van der Waals surface area contributed by atoms with Crippen molar-refractivity contribution in [3.8, 4) is 5.75 Å². The zero-order chi connectivity index (χ0) is 19.7. The minimum Gasteiger partial charge on any atom is -0.485 e. The van der Waals surface area contributed by atoms with Gasteiger partial charge in [0.05, 0.1) is 0 Å². The summed E-state index contributed by atoms with van der Waals surface area (Å²) in [6.07, 6.45) is 26.2. The third-order valence-corrected chi connectivity index (χ3v) is 7.15. The topological polar surface area (TPSA) is 9.23 Å². The third-order valence-electron chi connectivity index (χ3n) is 7.15. The molecule has 2 unspecified atom stereocenters. The van der Waals surface area contributed by atoms with E-state index < -0.39 is 0 Å². The number of benzene rings is 2. The van der Waals surface area contributed by atoms with Crippen LogP contribution in [0.25, 0.3) is 36.0 Å². The Hall–Kier alpha value is -3.32. The lowest BCUT2D eigenvalue weighted by molar-refractivity contribution is 0.258. The van der Waals surface area contributed by atoms with Gasteiger partial charge in [-0.2, -0.15) is 0 Å². The molecule has 0 saturated heterocycles. The van der Waals surface area contributed by atoms with Crippen LogP contribution in [-0.4, -0.2) is 6.10 Å². The molecule has 0 amide bonds. The molecule has 2 aromatic carbocycles. The molecular weight excluding hydrogens is 364 g/mol. The Labute approximate surface area is 177 Å². The minimum atomic E-state index is 0. The fourth-order valence-corrected chi connectivity index (χ4v) is 5.68. The van der Waals surface area contributed by atoms with Gasteiger partial charge in [0.2, 0.25) is 0 Å². The number of allylic oxidation sites excluding steroid dienone is 6. The van der Waals surface area contributed by atoms with Crippen molar-refractivity contribution >= 4 is 36.0 Å². The highest BCUT2D eigenvalue weighted by Gasteiger charge is 2.28. The summed E-state index contributed by atoms with van der Waals surface area (Å²) in [7, 11) is 0. The monoisotopic (exact) mass is 387 g/mol. The van der Waals surface area contributed by atoms with Gasteiger partial charge < -0.3 is 4.74 Å². The summed E-state index contributed by atoms with van der Waals surface area (Å²) in [5.41, 5.74) is 7.11. The lowest BCUT2D eigenvalue weighted by Crippen LogP contribution is -2.37. The Morgan fingerprint density at radius 2 is 1.87 bits per heavy atom. The molecule has 0 spiro atoms. The summed E-state index contributed by atoms with van der Waals surface area (Å²) in [5.74, 6) is 1.24. The van der Waals surface area contributed by atoms with Gasteiger partial charge in [0.15, 0.2) is 0 Å². The Bertz CT molecular complexity index is 1500. The van der Waals surface area contributed by atoms with Gasteiger partial charge in [-0.15, -0.1) is 0 Å². The predicted octanol–water partition coefficient (Wildman–Crippen LogP) is 3.57. The second-order valence-electron chi connectivity index (χ2n) is 8.73. The Kier molecular flexibility index (Phi) is 3.34. The van der Waals surface area contributed by atoms with E-state index in [0.717, 1.165) is 12.2 Å². The van der Waals surface area contributed by atoms with Gasteiger partial charge in [-0.3, -0.25) is 0 Å². The molecule has 0 N–H and O–H groups in total. The van der Waals surface area contributed by atoms with E-state index in [9.17, 15) is 0 Å². The molecule has 2 aromatic rings. The first-order chi connectivity index (χ1) is 14.9. The summed E-state index contributed by atoms with van der Waals surface area (Å²) in [5, 5.41) is 5.32. The molecule has 4 aliphatic carbocycles. The molecule has 0 radical (unpaired) electrons. The highest BCUT2D eigenvalue weighted by Crippen LogP contribution is 2.32. The van der Waals surface area contributed by atoms with Crippen molar-refractivity contribution < 1.29 is 6.16 Å². The molecule has 0 fully saturated rings. The molecule has 0 bridgehead atoms. The van der Waals surface area contributed by atoms with Gasteiger partial charge >= 0.3 is 1.43 Å². The second-order valence-corrected chi connectivity index (χ2v) is 8.73. The Balaban J connectivity index is 0.00000185. The van der Waals surface area contributed by atoms with Crippen molar-refractivity contribution in [2.45, 2.75) is 31.3 Å². The first-order valence-electron chi connectivity index (χ1n) is 11.0. The average Bonchev–Trinajstić information content (AvgIpc) is 3.44. The number of fused-ring (bicyclic) bond motifs is 7. The molecule has 144 valence electrons. The maximum Gasteiger partial charge on any atom is 1.00 e. The molecule has 1 heteroatoms. The minimum absolute atomic E-state index is 0. The van der Waals surface area contributed by atoms with Crippen LogP contribution in [0.4, 0.5) is 0 Å². The molecule has 7 rings (SSSR count). The summed E-state index contributed by atoms with van der Waals surface area (Å²) >= 11 is 0. The standard InChI is InChI=1S/C29H22O/c1-2-7-20-18(5-1)11-13-24-22-9-4-10-26(25(22)15-14-23(20)24)29-17-27-21-8-3-6-19(21)12-16-28(27)30-29/h2-4,6-10,12-17,26,29H,1,5,11H2/p+1. The van der Waals surface area contributed by atoms with Crippen molar-refractivity contribution in [3.05, 3.63) is 97.8 Å². The van der Waals surface area contributed by atoms with Crippen molar-refractivity contribution in [1.29, 1.82) is 0 Å². The van der Waals surface area contributed by atoms with E-state index in [2.05, 4.69) is 85.0 Å². The quantitative estimate of drug-likeness (QED) is 0.727. The Morgan fingerprint density at radius 3 is 2.87 bits per heavy atom. The van der Waals surface area contributed by atoms with Gasteiger partial charge in [0, 0.05) is 11.1 Å². The Morgan fingerprint density at radius 1 is 0.900 bits per heavy atom. The maximum absolute atomic E-state index is 6.46. The molecule has 0 saturated carbocycles. The van der Waals surface area contributed by atoms with Crippen molar-refractivity contribution in [2.24, 2.45) is 0 Å². The molecular formula is C29H23O+. The van der Waals surface area contributed by atoms with E-state index >= 15 is 0 Å². The van der Waals surface area contributed by atoms with Crippen LogP contribution in [0.5, 0.6) is 5.75 Å². The first kappa shape index (κ1) is 16.5. The van der Waals surface area contributed by atoms with Crippen LogP contribution in [-0.2, 0) is 0 Å². The van der Waals surface area contributed by atoms with Crippen LogP contribution < -0.4 is 25.6 Å². The van der Waals surface area contributed by atoms with Crippen LogP contribution in [0.2, 0.25) is 0 Å². The summed E-state index contributed by atoms with van der Waals surface area (Å²) in [6.45, 7) is 0. The summed E-state index contributed by atoms with van der Waals surface area (Å²) < 4.78 is 6.46. The lowest BCUT2D eigenvalue weighted by Gasteiger charge is -2.26. The zero-order valence-corrected chi connectivity index (χ0v) is 16.8. The molecule has 1 aliphatic heterocycles. The number of rotatable bonds is 1. The smallest absolute Gasteiger partial charge is 0.485 e.